The molecule has 0 aliphatic rings. The lowest BCUT2D eigenvalue weighted by molar-refractivity contribution is 0.0438. The van der Waals surface area contributed by atoms with Gasteiger partial charge in [-0.3, -0.25) is 4.72 Å². The van der Waals surface area contributed by atoms with Crippen LogP contribution in [-0.4, -0.2) is 36.0 Å². The van der Waals surface area contributed by atoms with E-state index in [4.69, 9.17) is 13.7 Å². The fourth-order valence-corrected chi connectivity index (χ4v) is 3.52. The number of rotatable bonds is 7. The second kappa shape index (κ2) is 8.63. The molecule has 11 heteroatoms. The molecular weight excluding hydrogens is 436 g/mol. The number of esters is 1. The van der Waals surface area contributed by atoms with Crippen LogP contribution in [0.25, 0.3) is 22.7 Å². The van der Waals surface area contributed by atoms with Gasteiger partial charge in [-0.05, 0) is 25.1 Å². The third-order valence-electron chi connectivity index (χ3n) is 4.32. The van der Waals surface area contributed by atoms with E-state index in [0.717, 1.165) is 11.8 Å². The summed E-state index contributed by atoms with van der Waals surface area (Å²) >= 11 is 0. The van der Waals surface area contributed by atoms with Crippen LogP contribution >= 0.6 is 0 Å². The number of carbonyl (C=O) groups is 1. The van der Waals surface area contributed by atoms with Crippen LogP contribution in [0.3, 0.4) is 0 Å². The maximum atomic E-state index is 12.4. The number of hydrogen-bond acceptors (Lipinski definition) is 9. The van der Waals surface area contributed by atoms with Gasteiger partial charge in [-0.15, -0.1) is 10.2 Å². The summed E-state index contributed by atoms with van der Waals surface area (Å²) in [5.74, 6) is 0.102. The highest BCUT2D eigenvalue weighted by molar-refractivity contribution is 7.92. The number of anilines is 1. The molecule has 164 valence electrons. The Labute approximate surface area is 183 Å². The van der Waals surface area contributed by atoms with Crippen LogP contribution in [-0.2, 0) is 21.4 Å². The predicted molar refractivity (Wildman–Crippen MR) is 114 cm³/mol. The minimum atomic E-state index is -3.47. The molecule has 10 nitrogen and oxygen atoms in total. The molecule has 2 aromatic carbocycles. The number of benzene rings is 2. The molecule has 0 aliphatic heterocycles. The van der Waals surface area contributed by atoms with E-state index >= 15 is 0 Å². The van der Waals surface area contributed by atoms with Crippen LogP contribution in [0.5, 0.6) is 0 Å². The number of nitrogens with one attached hydrogen (secondary N) is 1. The third kappa shape index (κ3) is 4.83. The first-order chi connectivity index (χ1) is 15.3. The Morgan fingerprint density at radius 3 is 2.62 bits per heavy atom. The van der Waals surface area contributed by atoms with Crippen molar-refractivity contribution in [3.8, 4) is 22.7 Å². The van der Waals surface area contributed by atoms with E-state index < -0.39 is 16.0 Å². The molecule has 0 spiro atoms. The average molecular weight is 454 g/mol. The minimum Gasteiger partial charge on any atom is -0.452 e. The molecule has 0 radical (unpaired) electrons. The van der Waals surface area contributed by atoms with Gasteiger partial charge in [0.15, 0.2) is 6.61 Å². The number of carbonyl (C=O) groups excluding carboxylic acids is 1. The quantitative estimate of drug-likeness (QED) is 0.416. The van der Waals surface area contributed by atoms with E-state index in [-0.39, 0.29) is 29.6 Å². The zero-order valence-corrected chi connectivity index (χ0v) is 17.9. The predicted octanol–water partition coefficient (Wildman–Crippen LogP) is 3.43. The second-order valence-corrected chi connectivity index (χ2v) is 8.61. The molecule has 1 N–H and O–H groups in total. The number of ether oxygens (including phenoxy) is 1. The molecule has 32 heavy (non-hydrogen) atoms. The van der Waals surface area contributed by atoms with Crippen LogP contribution in [0.4, 0.5) is 5.69 Å². The lowest BCUT2D eigenvalue weighted by Crippen LogP contribution is -2.11. The summed E-state index contributed by atoms with van der Waals surface area (Å²) in [4.78, 5) is 12.4. The fraction of sp³-hybridized carbons (Fsp3) is 0.143. The molecular formula is C21H18N4O6S. The van der Waals surface area contributed by atoms with Crippen molar-refractivity contribution in [2.24, 2.45) is 0 Å². The summed E-state index contributed by atoms with van der Waals surface area (Å²) < 4.78 is 41.2. The largest absolute Gasteiger partial charge is 0.452 e. The average Bonchev–Trinajstić information content (AvgIpc) is 3.37. The summed E-state index contributed by atoms with van der Waals surface area (Å²) in [5.41, 5.74) is 2.36. The van der Waals surface area contributed by atoms with Gasteiger partial charge in [0.25, 0.3) is 11.8 Å². The van der Waals surface area contributed by atoms with E-state index in [2.05, 4.69) is 20.1 Å². The Balaban J connectivity index is 1.48. The Morgan fingerprint density at radius 1 is 1.09 bits per heavy atom. The van der Waals surface area contributed by atoms with Gasteiger partial charge < -0.3 is 13.7 Å². The van der Waals surface area contributed by atoms with Crippen molar-refractivity contribution in [3.63, 3.8) is 0 Å². The van der Waals surface area contributed by atoms with E-state index in [0.29, 0.717) is 17.0 Å². The Hall–Kier alpha value is -3.99. The van der Waals surface area contributed by atoms with Crippen molar-refractivity contribution in [1.82, 2.24) is 15.4 Å². The van der Waals surface area contributed by atoms with Crippen LogP contribution in [0, 0.1) is 6.92 Å². The number of hydrogen-bond donors (Lipinski definition) is 1. The van der Waals surface area contributed by atoms with Crippen LogP contribution < -0.4 is 4.72 Å². The number of sulfonamides is 1. The molecule has 0 bridgehead atoms. The normalized spacial score (nSPS) is 11.3. The molecule has 2 aromatic heterocycles. The number of aromatic nitrogens is 3. The maximum absolute atomic E-state index is 12.4. The van der Waals surface area contributed by atoms with Gasteiger partial charge in [0.2, 0.25) is 10.0 Å². The van der Waals surface area contributed by atoms with E-state index in [9.17, 15) is 13.2 Å². The molecule has 0 saturated carbocycles. The molecule has 0 saturated heterocycles. The zero-order valence-electron chi connectivity index (χ0n) is 17.1. The molecule has 2 heterocycles. The number of aryl methyl sites for hydroxylation is 1. The van der Waals surface area contributed by atoms with E-state index in [1.165, 1.54) is 24.3 Å². The highest BCUT2D eigenvalue weighted by Gasteiger charge is 2.22. The van der Waals surface area contributed by atoms with Crippen molar-refractivity contribution in [1.29, 1.82) is 0 Å². The van der Waals surface area contributed by atoms with E-state index in [1.54, 1.807) is 6.92 Å². The Kier molecular flexibility index (Phi) is 5.73. The molecule has 0 atom stereocenters. The summed E-state index contributed by atoms with van der Waals surface area (Å²) in [5, 5.41) is 12.0. The minimum absolute atomic E-state index is 0.0818. The van der Waals surface area contributed by atoms with Crippen LogP contribution in [0.2, 0.25) is 0 Å². The monoisotopic (exact) mass is 454 g/mol. The smallest absolute Gasteiger partial charge is 0.338 e. The third-order valence-corrected chi connectivity index (χ3v) is 4.93. The van der Waals surface area contributed by atoms with Gasteiger partial charge >= 0.3 is 5.97 Å². The summed E-state index contributed by atoms with van der Waals surface area (Å²) in [6, 6.07) is 15.3. The molecule has 0 fully saturated rings. The van der Waals surface area contributed by atoms with Crippen molar-refractivity contribution in [2.45, 2.75) is 13.5 Å². The van der Waals surface area contributed by atoms with Crippen molar-refractivity contribution in [3.05, 3.63) is 71.8 Å². The van der Waals surface area contributed by atoms with Gasteiger partial charge in [0.1, 0.15) is 17.0 Å². The second-order valence-electron chi connectivity index (χ2n) is 6.86. The molecule has 4 aromatic rings. The fourth-order valence-electron chi connectivity index (χ4n) is 2.96. The van der Waals surface area contributed by atoms with Gasteiger partial charge in [-0.2, -0.15) is 0 Å². The van der Waals surface area contributed by atoms with E-state index in [1.807, 2.05) is 30.3 Å². The molecule has 0 unspecified atom stereocenters. The first kappa shape index (κ1) is 21.2. The Morgan fingerprint density at radius 2 is 1.88 bits per heavy atom. The van der Waals surface area contributed by atoms with Gasteiger partial charge in [-0.1, -0.05) is 41.6 Å². The van der Waals surface area contributed by atoms with Crippen molar-refractivity contribution in [2.75, 3.05) is 11.0 Å². The Bertz CT molecular complexity index is 1360. The molecule has 0 aliphatic carbocycles. The lowest BCUT2D eigenvalue weighted by Gasteiger charge is -2.06. The first-order valence-electron chi connectivity index (χ1n) is 9.39. The van der Waals surface area contributed by atoms with Gasteiger partial charge in [0, 0.05) is 11.3 Å². The van der Waals surface area contributed by atoms with Crippen molar-refractivity contribution >= 4 is 21.7 Å². The summed E-state index contributed by atoms with van der Waals surface area (Å²) in [6.07, 6.45) is 1.02. The van der Waals surface area contributed by atoms with Crippen molar-refractivity contribution < 1.29 is 26.9 Å². The molecule has 0 amide bonds. The van der Waals surface area contributed by atoms with Gasteiger partial charge in [-0.25, -0.2) is 13.2 Å². The highest BCUT2D eigenvalue weighted by Crippen LogP contribution is 2.33. The number of nitrogens with zero attached hydrogens (tertiary/aromatic N) is 3. The van der Waals surface area contributed by atoms with Crippen LogP contribution in [0.1, 0.15) is 22.0 Å². The summed E-state index contributed by atoms with van der Waals surface area (Å²) in [7, 11) is -3.47. The highest BCUT2D eigenvalue weighted by atomic mass is 32.2. The zero-order chi connectivity index (χ0) is 22.7. The lowest BCUT2D eigenvalue weighted by atomic mass is 10.1. The topological polar surface area (TPSA) is 137 Å². The van der Waals surface area contributed by atoms with Gasteiger partial charge in [0.05, 0.1) is 11.8 Å². The standard InChI is InChI=1S/C21H18N4O6S/c1-13-18(19(24-31-13)14-7-4-3-5-8-14)20-23-22-17(30-20)12-29-21(26)15-9-6-10-16(11-15)25-32(2,27)28/h3-11,25H,12H2,1-2H3. The van der Waals surface area contributed by atoms with Crippen LogP contribution in [0.15, 0.2) is 63.5 Å². The maximum Gasteiger partial charge on any atom is 0.338 e. The molecule has 4 rings (SSSR count). The first-order valence-corrected chi connectivity index (χ1v) is 11.3. The SMILES string of the molecule is Cc1onc(-c2ccccc2)c1-c1nnc(COC(=O)c2cccc(NS(C)(=O)=O)c2)o1. The summed E-state index contributed by atoms with van der Waals surface area (Å²) in [6.45, 7) is 1.47.